The Labute approximate surface area is 245 Å². The molecule has 3 rings (SSSR count). The average Bonchev–Trinajstić information content (AvgIpc) is 3.36. The molecule has 0 spiro atoms. The van der Waals surface area contributed by atoms with Crippen molar-refractivity contribution in [1.29, 1.82) is 0 Å². The normalized spacial score (nSPS) is 12.6. The van der Waals surface area contributed by atoms with Crippen molar-refractivity contribution in [2.75, 3.05) is 25.0 Å². The summed E-state index contributed by atoms with van der Waals surface area (Å²) < 4.78 is 5.55. The molecule has 3 amide bonds. The summed E-state index contributed by atoms with van der Waals surface area (Å²) in [4.78, 5) is 37.2. The van der Waals surface area contributed by atoms with Crippen molar-refractivity contribution >= 4 is 70.0 Å². The summed E-state index contributed by atoms with van der Waals surface area (Å²) in [5.41, 5.74) is 2.11. The Morgan fingerprint density at radius 2 is 1.69 bits per heavy atom. The van der Waals surface area contributed by atoms with Crippen molar-refractivity contribution in [1.82, 2.24) is 15.4 Å². The van der Waals surface area contributed by atoms with Crippen LogP contribution in [0.5, 0.6) is 0 Å². The third-order valence-corrected chi connectivity index (χ3v) is 7.05. The summed E-state index contributed by atoms with van der Waals surface area (Å²) in [7, 11) is 1.30. The maximum Gasteiger partial charge on any atom is 0.407 e. The number of hydrogen-bond donors (Lipinski definition) is 2. The van der Waals surface area contributed by atoms with Crippen molar-refractivity contribution in [2.24, 2.45) is 5.92 Å². The van der Waals surface area contributed by atoms with E-state index >= 15 is 0 Å². The Bertz CT molecular complexity index is 1330. The maximum absolute atomic E-state index is 13.0. The van der Waals surface area contributed by atoms with Gasteiger partial charge in [-0.15, -0.1) is 0 Å². The molecule has 0 fully saturated rings. The van der Waals surface area contributed by atoms with E-state index in [4.69, 9.17) is 56.0 Å². The van der Waals surface area contributed by atoms with Crippen LogP contribution in [-0.2, 0) is 9.59 Å². The molecule has 0 radical (unpaired) electrons. The fourth-order valence-corrected chi connectivity index (χ4v) is 4.54. The molecule has 2 aromatic carbocycles. The van der Waals surface area contributed by atoms with Gasteiger partial charge in [-0.05, 0) is 37.1 Å². The van der Waals surface area contributed by atoms with Gasteiger partial charge in [0.15, 0.2) is 10.6 Å². The lowest BCUT2D eigenvalue weighted by molar-refractivity contribution is -0.122. The van der Waals surface area contributed by atoms with Crippen LogP contribution in [0.3, 0.4) is 0 Å². The zero-order valence-corrected chi connectivity index (χ0v) is 24.2. The summed E-state index contributed by atoms with van der Waals surface area (Å²) >= 11 is 24.5. The molecule has 2 atom stereocenters. The molecule has 208 valence electrons. The Morgan fingerprint density at radius 3 is 2.31 bits per heavy atom. The Balaban J connectivity index is 1.83. The van der Waals surface area contributed by atoms with E-state index in [2.05, 4.69) is 10.5 Å². The highest BCUT2D eigenvalue weighted by molar-refractivity contribution is 6.54. The first-order chi connectivity index (χ1) is 18.4. The molecule has 2 N–H and O–H groups in total. The minimum Gasteiger partial charge on any atom is -0.465 e. The van der Waals surface area contributed by atoms with Gasteiger partial charge in [-0.25, -0.2) is 4.79 Å². The molecule has 0 aliphatic heterocycles. The van der Waals surface area contributed by atoms with Crippen LogP contribution in [0, 0.1) is 5.92 Å². The molecular weight excluding hydrogens is 590 g/mol. The van der Waals surface area contributed by atoms with Gasteiger partial charge in [-0.3, -0.25) is 9.59 Å². The molecule has 13 heteroatoms. The fraction of sp³-hybridized carbons (Fsp3) is 0.308. The zero-order chi connectivity index (χ0) is 28.9. The molecule has 2 unspecified atom stereocenters. The number of halogens is 4. The van der Waals surface area contributed by atoms with E-state index in [9.17, 15) is 14.4 Å². The number of aromatic nitrogens is 1. The Hall–Kier alpha value is -2.98. The third kappa shape index (κ3) is 7.79. The van der Waals surface area contributed by atoms with Crippen molar-refractivity contribution in [3.8, 4) is 22.6 Å². The van der Waals surface area contributed by atoms with Crippen molar-refractivity contribution < 1.29 is 24.0 Å². The predicted molar refractivity (Wildman–Crippen MR) is 153 cm³/mol. The molecule has 0 bridgehead atoms. The van der Waals surface area contributed by atoms with Gasteiger partial charge in [0.2, 0.25) is 5.91 Å². The number of benzene rings is 2. The molecule has 0 saturated heterocycles. The molecule has 1 heterocycles. The van der Waals surface area contributed by atoms with Crippen LogP contribution in [0.1, 0.15) is 13.8 Å². The van der Waals surface area contributed by atoms with E-state index in [0.717, 1.165) is 4.90 Å². The summed E-state index contributed by atoms with van der Waals surface area (Å²) in [6, 6.07) is 13.4. The smallest absolute Gasteiger partial charge is 0.407 e. The highest BCUT2D eigenvalue weighted by Crippen LogP contribution is 2.36. The van der Waals surface area contributed by atoms with Crippen molar-refractivity contribution in [3.05, 3.63) is 58.6 Å². The van der Waals surface area contributed by atoms with Gasteiger partial charge in [0, 0.05) is 42.5 Å². The first-order valence-electron chi connectivity index (χ1n) is 11.7. The minimum absolute atomic E-state index is 0.158. The standard InChI is InChI=1S/C26H26Cl4N4O5/c1-14(15(2)31-22(35)13-33(3)26(37)38)12-34(25(36)24(29)30)17-7-4-6-16(10-17)21-11-20(32-39-21)23-18(27)8-5-9-19(23)28/h4-11,14-15,24H,12-13H2,1-3H3,(H,31,35)(H,37,38). The first kappa shape index (κ1) is 30.6. The van der Waals surface area contributed by atoms with E-state index in [0.29, 0.717) is 38.3 Å². The van der Waals surface area contributed by atoms with Gasteiger partial charge < -0.3 is 24.7 Å². The number of nitrogens with zero attached hydrogens (tertiary/aromatic N) is 3. The van der Waals surface area contributed by atoms with Crippen molar-refractivity contribution in [2.45, 2.75) is 24.7 Å². The zero-order valence-electron chi connectivity index (χ0n) is 21.2. The van der Waals surface area contributed by atoms with Crippen LogP contribution in [0.25, 0.3) is 22.6 Å². The van der Waals surface area contributed by atoms with E-state index in [-0.39, 0.29) is 19.0 Å². The lowest BCUT2D eigenvalue weighted by Gasteiger charge is -2.30. The maximum atomic E-state index is 13.0. The molecule has 39 heavy (non-hydrogen) atoms. The fourth-order valence-electron chi connectivity index (χ4n) is 3.71. The summed E-state index contributed by atoms with van der Waals surface area (Å²) in [6.07, 6.45) is -1.22. The summed E-state index contributed by atoms with van der Waals surface area (Å²) in [5, 5.41) is 16.7. The van der Waals surface area contributed by atoms with Gasteiger partial charge >= 0.3 is 6.09 Å². The van der Waals surface area contributed by atoms with Crippen LogP contribution in [0.15, 0.2) is 53.1 Å². The van der Waals surface area contributed by atoms with E-state index < -0.39 is 28.8 Å². The SMILES string of the molecule is CC(CN(C(=O)C(Cl)Cl)c1cccc(-c2cc(-c3c(Cl)cccc3Cl)no2)c1)C(C)NC(=O)CN(C)C(=O)O. The number of alkyl halides is 2. The minimum atomic E-state index is -1.32. The molecule has 1 aromatic heterocycles. The number of hydrogen-bond acceptors (Lipinski definition) is 5. The highest BCUT2D eigenvalue weighted by atomic mass is 35.5. The van der Waals surface area contributed by atoms with Crippen LogP contribution in [-0.4, -0.2) is 64.1 Å². The van der Waals surface area contributed by atoms with Gasteiger partial charge in [0.25, 0.3) is 5.91 Å². The second kappa shape index (κ2) is 13.4. The van der Waals surface area contributed by atoms with Gasteiger partial charge in [0.05, 0.1) is 10.0 Å². The number of likely N-dealkylation sites (N-methyl/N-ethyl adjacent to an activating group) is 1. The van der Waals surface area contributed by atoms with E-state index in [1.807, 2.05) is 6.92 Å². The molecule has 0 aliphatic carbocycles. The average molecular weight is 616 g/mol. The molecular formula is C26H26Cl4N4O5. The number of amides is 3. The largest absolute Gasteiger partial charge is 0.465 e. The second-order valence-electron chi connectivity index (χ2n) is 8.95. The van der Waals surface area contributed by atoms with Crippen molar-refractivity contribution in [3.63, 3.8) is 0 Å². The topological polar surface area (TPSA) is 116 Å². The molecule has 0 saturated carbocycles. The quantitative estimate of drug-likeness (QED) is 0.262. The number of anilines is 1. The number of nitrogens with one attached hydrogen (secondary N) is 1. The number of rotatable bonds is 10. The van der Waals surface area contributed by atoms with Crippen LogP contribution in [0.4, 0.5) is 10.5 Å². The second-order valence-corrected chi connectivity index (χ2v) is 10.9. The first-order valence-corrected chi connectivity index (χ1v) is 13.4. The van der Waals surface area contributed by atoms with Gasteiger partial charge in [-0.1, -0.05) is 76.7 Å². The monoisotopic (exact) mass is 614 g/mol. The third-order valence-electron chi connectivity index (χ3n) is 6.04. The van der Waals surface area contributed by atoms with E-state index in [1.165, 1.54) is 11.9 Å². The lowest BCUT2D eigenvalue weighted by Crippen LogP contribution is -2.47. The highest BCUT2D eigenvalue weighted by Gasteiger charge is 2.27. The van der Waals surface area contributed by atoms with Gasteiger partial charge in [0.1, 0.15) is 12.2 Å². The molecule has 9 nitrogen and oxygen atoms in total. The molecule has 0 aliphatic rings. The van der Waals surface area contributed by atoms with Crippen LogP contribution >= 0.6 is 46.4 Å². The predicted octanol–water partition coefficient (Wildman–Crippen LogP) is 6.20. The summed E-state index contributed by atoms with van der Waals surface area (Å²) in [5.74, 6) is -0.859. The number of carbonyl (C=O) groups is 3. The Morgan fingerprint density at radius 1 is 1.05 bits per heavy atom. The molecule has 3 aromatic rings. The number of carbonyl (C=O) groups excluding carboxylic acids is 2. The summed E-state index contributed by atoms with van der Waals surface area (Å²) in [6.45, 7) is 3.44. The van der Waals surface area contributed by atoms with E-state index in [1.54, 1.807) is 55.5 Å². The van der Waals surface area contributed by atoms with Gasteiger partial charge in [-0.2, -0.15) is 0 Å². The number of carboxylic acid groups (broad SMARTS) is 1. The Kier molecular flexibility index (Phi) is 10.5. The van der Waals surface area contributed by atoms with Crippen LogP contribution < -0.4 is 10.2 Å². The van der Waals surface area contributed by atoms with Crippen LogP contribution in [0.2, 0.25) is 10.0 Å². The lowest BCUT2D eigenvalue weighted by atomic mass is 10.0.